The molecule has 4 unspecified atom stereocenters. The Hall–Kier alpha value is -3.95. The lowest BCUT2D eigenvalue weighted by Crippen LogP contribution is -2.51. The van der Waals surface area contributed by atoms with E-state index in [-0.39, 0.29) is 44.2 Å². The van der Waals surface area contributed by atoms with Crippen LogP contribution in [0.4, 0.5) is 0 Å². The number of aryl methyl sites for hydroxylation is 1. The van der Waals surface area contributed by atoms with Crippen molar-refractivity contribution in [2.45, 2.75) is 85.7 Å². The lowest BCUT2D eigenvalue weighted by atomic mass is 9.93. The van der Waals surface area contributed by atoms with Crippen LogP contribution in [0.25, 0.3) is 6.08 Å². The molecule has 10 heteroatoms. The van der Waals surface area contributed by atoms with Crippen molar-refractivity contribution in [1.82, 2.24) is 10.6 Å². The third-order valence-corrected chi connectivity index (χ3v) is 8.42. The average Bonchev–Trinajstić information content (AvgIpc) is 3.02. The van der Waals surface area contributed by atoms with Gasteiger partial charge in [0.1, 0.15) is 12.1 Å². The quantitative estimate of drug-likeness (QED) is 0.318. The number of halogens is 1. The van der Waals surface area contributed by atoms with Gasteiger partial charge in [0.05, 0.1) is 12.0 Å². The molecular weight excluding hydrogens is 620 g/mol. The maximum Gasteiger partial charge on any atom is 0.347 e. The third kappa shape index (κ3) is 11.7. The highest BCUT2D eigenvalue weighted by Crippen LogP contribution is 2.24. The smallest absolute Gasteiger partial charge is 0.347 e. The number of esters is 2. The lowest BCUT2D eigenvalue weighted by Gasteiger charge is -2.29. The van der Waals surface area contributed by atoms with Gasteiger partial charge in [-0.15, -0.1) is 0 Å². The Morgan fingerprint density at radius 3 is 2.34 bits per heavy atom. The average molecular weight is 667 g/mol. The second-order valence-electron chi connectivity index (χ2n) is 13.2. The molecule has 0 saturated heterocycles. The summed E-state index contributed by atoms with van der Waals surface area (Å²) in [5, 5.41) is 15.4. The topological polar surface area (TPSA) is 131 Å². The van der Waals surface area contributed by atoms with E-state index in [4.69, 9.17) is 21.1 Å². The molecule has 0 radical (unpaired) electrons. The number of cyclic esters (lactones) is 2. The number of aliphatic hydroxyl groups excluding tert-OH is 1. The molecule has 2 aromatic rings. The number of hydrogen-bond donors (Lipinski definition) is 3. The zero-order chi connectivity index (χ0) is 34.7. The Labute approximate surface area is 282 Å². The summed E-state index contributed by atoms with van der Waals surface area (Å²) in [5.74, 6) is -2.58. The molecule has 1 aliphatic rings. The van der Waals surface area contributed by atoms with Crippen molar-refractivity contribution in [1.29, 1.82) is 0 Å². The predicted molar refractivity (Wildman–Crippen MR) is 182 cm³/mol. The van der Waals surface area contributed by atoms with E-state index in [9.17, 15) is 24.3 Å². The molecule has 0 fully saturated rings. The summed E-state index contributed by atoms with van der Waals surface area (Å²) < 4.78 is 11.7. The van der Waals surface area contributed by atoms with Crippen LogP contribution in [0.3, 0.4) is 0 Å². The molecule has 1 aliphatic heterocycles. The fraction of sp³-hybridized carbons (Fsp3) is 0.459. The summed E-state index contributed by atoms with van der Waals surface area (Å²) in [7, 11) is 0. The molecule has 2 aromatic carbocycles. The molecule has 254 valence electrons. The van der Waals surface area contributed by atoms with E-state index < -0.39 is 47.4 Å². The van der Waals surface area contributed by atoms with Gasteiger partial charge in [-0.3, -0.25) is 14.4 Å². The summed E-state index contributed by atoms with van der Waals surface area (Å²) in [4.78, 5) is 53.4. The summed E-state index contributed by atoms with van der Waals surface area (Å²) in [5.41, 5.74) is 2.15. The summed E-state index contributed by atoms with van der Waals surface area (Å²) >= 11 is 6.32. The third-order valence-electron chi connectivity index (χ3n) is 8.01. The number of carbonyl (C=O) groups excluding carboxylic acids is 4. The van der Waals surface area contributed by atoms with Crippen molar-refractivity contribution in [2.24, 2.45) is 17.3 Å². The lowest BCUT2D eigenvalue weighted by molar-refractivity contribution is -0.178. The van der Waals surface area contributed by atoms with Crippen LogP contribution in [-0.4, -0.2) is 53.7 Å². The number of rotatable bonds is 8. The van der Waals surface area contributed by atoms with Gasteiger partial charge in [-0.05, 0) is 67.5 Å². The Bertz CT molecular complexity index is 1470. The van der Waals surface area contributed by atoms with Gasteiger partial charge in [0.15, 0.2) is 6.10 Å². The SMILES string of the molecule is Cc1ccc(CC2NC(=O)/C=C/CC(C(C)/C=C/c3ccc(CO)cc3)OC(=O)C(CC(C)C)OC(=O)C(C)(C)CNC2=O)cc1Cl. The fourth-order valence-corrected chi connectivity index (χ4v) is 5.07. The fourth-order valence-electron chi connectivity index (χ4n) is 4.87. The van der Waals surface area contributed by atoms with E-state index in [0.29, 0.717) is 5.02 Å². The van der Waals surface area contributed by atoms with Crippen LogP contribution in [0.1, 0.15) is 69.7 Å². The molecule has 3 rings (SSSR count). The molecule has 0 spiro atoms. The van der Waals surface area contributed by atoms with Crippen molar-refractivity contribution in [3.8, 4) is 0 Å². The van der Waals surface area contributed by atoms with E-state index >= 15 is 0 Å². The van der Waals surface area contributed by atoms with Crippen LogP contribution in [0.15, 0.2) is 60.7 Å². The number of nitrogens with one attached hydrogen (secondary N) is 2. The van der Waals surface area contributed by atoms with Gasteiger partial charge in [0.25, 0.3) is 0 Å². The molecule has 0 saturated carbocycles. The van der Waals surface area contributed by atoms with Crippen LogP contribution in [0.2, 0.25) is 5.02 Å². The molecule has 0 aromatic heterocycles. The van der Waals surface area contributed by atoms with Gasteiger partial charge in [-0.1, -0.05) is 87.0 Å². The minimum Gasteiger partial charge on any atom is -0.459 e. The largest absolute Gasteiger partial charge is 0.459 e. The Balaban J connectivity index is 1.93. The maximum atomic E-state index is 13.5. The molecule has 1 heterocycles. The van der Waals surface area contributed by atoms with E-state index in [1.54, 1.807) is 26.0 Å². The maximum absolute atomic E-state index is 13.5. The summed E-state index contributed by atoms with van der Waals surface area (Å²) in [6.07, 6.45) is 5.49. The zero-order valence-electron chi connectivity index (χ0n) is 28.0. The second-order valence-corrected chi connectivity index (χ2v) is 13.6. The zero-order valence-corrected chi connectivity index (χ0v) is 28.8. The van der Waals surface area contributed by atoms with Gasteiger partial charge in [0, 0.05) is 30.3 Å². The Morgan fingerprint density at radius 1 is 1.02 bits per heavy atom. The monoisotopic (exact) mass is 666 g/mol. The first-order chi connectivity index (χ1) is 22.2. The minimum atomic E-state index is -1.19. The number of benzene rings is 2. The van der Waals surface area contributed by atoms with Crippen LogP contribution in [0.5, 0.6) is 0 Å². The first-order valence-electron chi connectivity index (χ1n) is 16.0. The predicted octanol–water partition coefficient (Wildman–Crippen LogP) is 5.49. The molecular formula is C37H47ClN2O7. The number of ether oxygens (including phenoxy) is 2. The van der Waals surface area contributed by atoms with E-state index in [1.807, 2.05) is 76.2 Å². The van der Waals surface area contributed by atoms with Crippen LogP contribution in [-0.2, 0) is 41.7 Å². The second kappa shape index (κ2) is 17.3. The molecule has 0 aliphatic carbocycles. The summed E-state index contributed by atoms with van der Waals surface area (Å²) in [6.45, 7) is 10.7. The van der Waals surface area contributed by atoms with Crippen molar-refractivity contribution in [3.05, 3.63) is 88.0 Å². The summed E-state index contributed by atoms with van der Waals surface area (Å²) in [6, 6.07) is 11.9. The Kier molecular flexibility index (Phi) is 13.8. The molecule has 3 N–H and O–H groups in total. The highest BCUT2D eigenvalue weighted by Gasteiger charge is 2.37. The van der Waals surface area contributed by atoms with Crippen molar-refractivity contribution < 1.29 is 33.8 Å². The highest BCUT2D eigenvalue weighted by molar-refractivity contribution is 6.31. The molecule has 9 nitrogen and oxygen atoms in total. The number of amides is 2. The first-order valence-corrected chi connectivity index (χ1v) is 16.4. The van der Waals surface area contributed by atoms with Crippen molar-refractivity contribution >= 4 is 41.4 Å². The van der Waals surface area contributed by atoms with E-state index in [2.05, 4.69) is 10.6 Å². The van der Waals surface area contributed by atoms with Crippen LogP contribution in [0, 0.1) is 24.2 Å². The minimum absolute atomic E-state index is 0.0195. The molecule has 4 atom stereocenters. The standard InChI is InChI=1S/C37H47ClN2O7/c1-23(2)18-32-35(44)46-31(25(4)11-12-26-14-16-27(21-41)17-15-26)8-7-9-33(42)40-30(20-28-13-10-24(3)29(38)19-28)34(43)39-22-37(5,6)36(45)47-32/h7,9-17,19,23,25,30-32,41H,8,18,20-22H2,1-6H3,(H,39,43)(H,40,42)/b9-7+,12-11+. The Morgan fingerprint density at radius 2 is 1.70 bits per heavy atom. The van der Waals surface area contributed by atoms with Gasteiger partial charge in [-0.25, -0.2) is 4.79 Å². The van der Waals surface area contributed by atoms with Crippen LogP contribution >= 0.6 is 11.6 Å². The highest BCUT2D eigenvalue weighted by atomic mass is 35.5. The van der Waals surface area contributed by atoms with Gasteiger partial charge in [-0.2, -0.15) is 0 Å². The van der Waals surface area contributed by atoms with Gasteiger partial charge >= 0.3 is 11.9 Å². The van der Waals surface area contributed by atoms with Crippen molar-refractivity contribution in [2.75, 3.05) is 6.54 Å². The number of aliphatic hydroxyl groups is 1. The molecule has 47 heavy (non-hydrogen) atoms. The van der Waals surface area contributed by atoms with E-state index in [0.717, 1.165) is 22.3 Å². The van der Waals surface area contributed by atoms with Gasteiger partial charge in [0.2, 0.25) is 11.8 Å². The van der Waals surface area contributed by atoms with Crippen LogP contribution < -0.4 is 10.6 Å². The van der Waals surface area contributed by atoms with Gasteiger partial charge < -0.3 is 25.2 Å². The molecule has 2 amide bonds. The van der Waals surface area contributed by atoms with Crippen molar-refractivity contribution in [3.63, 3.8) is 0 Å². The number of carbonyl (C=O) groups is 4. The molecule has 0 bridgehead atoms. The normalized spacial score (nSPS) is 22.7. The first kappa shape index (κ1) is 37.5. The number of hydrogen-bond acceptors (Lipinski definition) is 7. The van der Waals surface area contributed by atoms with E-state index in [1.165, 1.54) is 6.08 Å².